The molecule has 1 N–H and O–H groups in total. The Morgan fingerprint density at radius 1 is 1.50 bits per heavy atom. The Bertz CT molecular complexity index is 217. The number of rotatable bonds is 5. The minimum atomic E-state index is -0.467. The predicted molar refractivity (Wildman–Crippen MR) is 62.7 cm³/mol. The van der Waals surface area contributed by atoms with E-state index in [0.717, 1.165) is 6.42 Å². The molecular formula is C11H20ClNO3. The second kappa shape index (κ2) is 7.09. The molecule has 16 heavy (non-hydrogen) atoms. The lowest BCUT2D eigenvalue weighted by atomic mass is 10.0. The first-order chi connectivity index (χ1) is 7.65. The highest BCUT2D eigenvalue weighted by atomic mass is 35.5. The van der Waals surface area contributed by atoms with Gasteiger partial charge in [-0.1, -0.05) is 13.8 Å². The number of carbonyl (C=O) groups excluding carboxylic acids is 1. The number of nitrogens with one attached hydrogen (secondary N) is 1. The summed E-state index contributed by atoms with van der Waals surface area (Å²) in [5.41, 5.74) is 0. The van der Waals surface area contributed by atoms with Crippen LogP contribution in [0.2, 0.25) is 0 Å². The molecule has 2 atom stereocenters. The predicted octanol–water partition coefficient (Wildman–Crippen LogP) is 1.17. The van der Waals surface area contributed by atoms with Crippen LogP contribution in [-0.4, -0.2) is 43.8 Å². The number of hydrogen-bond donors (Lipinski definition) is 1. The highest BCUT2D eigenvalue weighted by Crippen LogP contribution is 2.09. The topological polar surface area (TPSA) is 47.6 Å². The maximum Gasteiger partial charge on any atom is 0.251 e. The van der Waals surface area contributed by atoms with Gasteiger partial charge in [0.05, 0.1) is 19.8 Å². The van der Waals surface area contributed by atoms with E-state index in [-0.39, 0.29) is 11.9 Å². The molecule has 0 aromatic heterocycles. The summed E-state index contributed by atoms with van der Waals surface area (Å²) in [6, 6.07) is 0.107. The third-order valence-electron chi connectivity index (χ3n) is 2.66. The number of alkyl halides is 1. The lowest BCUT2D eigenvalue weighted by Gasteiger charge is -2.27. The average Bonchev–Trinajstić information content (AvgIpc) is 2.29. The molecule has 1 heterocycles. The van der Waals surface area contributed by atoms with Crippen molar-refractivity contribution in [2.75, 3.05) is 25.7 Å². The van der Waals surface area contributed by atoms with Gasteiger partial charge in [-0.25, -0.2) is 0 Å². The number of amides is 1. The molecule has 2 unspecified atom stereocenters. The molecular weight excluding hydrogens is 230 g/mol. The Hall–Kier alpha value is -0.320. The summed E-state index contributed by atoms with van der Waals surface area (Å²) in [5.74, 6) is 0.821. The van der Waals surface area contributed by atoms with E-state index in [9.17, 15) is 4.79 Å². The van der Waals surface area contributed by atoms with Crippen LogP contribution in [0.1, 0.15) is 20.3 Å². The van der Waals surface area contributed by atoms with E-state index >= 15 is 0 Å². The van der Waals surface area contributed by atoms with Crippen molar-refractivity contribution < 1.29 is 14.3 Å². The first-order valence-electron chi connectivity index (χ1n) is 5.70. The van der Waals surface area contributed by atoms with Crippen molar-refractivity contribution in [2.24, 2.45) is 5.92 Å². The molecule has 0 aromatic carbocycles. The average molecular weight is 250 g/mol. The molecule has 1 rings (SSSR count). The summed E-state index contributed by atoms with van der Waals surface area (Å²) in [5, 5.41) is 2.96. The van der Waals surface area contributed by atoms with Crippen molar-refractivity contribution in [1.82, 2.24) is 5.32 Å². The van der Waals surface area contributed by atoms with Gasteiger partial charge in [0.25, 0.3) is 5.91 Å². The zero-order valence-electron chi connectivity index (χ0n) is 9.87. The Balaban J connectivity index is 2.40. The molecule has 4 nitrogen and oxygen atoms in total. The fourth-order valence-electron chi connectivity index (χ4n) is 1.60. The lowest BCUT2D eigenvalue weighted by Crippen LogP contribution is -2.48. The van der Waals surface area contributed by atoms with Crippen LogP contribution in [0.4, 0.5) is 0 Å². The van der Waals surface area contributed by atoms with Gasteiger partial charge in [0.1, 0.15) is 0 Å². The van der Waals surface area contributed by atoms with Crippen LogP contribution in [0.25, 0.3) is 0 Å². The van der Waals surface area contributed by atoms with Gasteiger partial charge in [0.2, 0.25) is 0 Å². The van der Waals surface area contributed by atoms with E-state index in [0.29, 0.717) is 31.6 Å². The Labute approximate surface area is 102 Å². The zero-order valence-corrected chi connectivity index (χ0v) is 10.6. The summed E-state index contributed by atoms with van der Waals surface area (Å²) in [4.78, 5) is 11.8. The fourth-order valence-corrected chi connectivity index (χ4v) is 1.84. The molecule has 0 aliphatic carbocycles. The molecule has 5 heteroatoms. The summed E-state index contributed by atoms with van der Waals surface area (Å²) in [7, 11) is 0. The van der Waals surface area contributed by atoms with Gasteiger partial charge in [0, 0.05) is 11.9 Å². The molecule has 1 aliphatic heterocycles. The molecule has 94 valence electrons. The Morgan fingerprint density at radius 2 is 2.25 bits per heavy atom. The van der Waals surface area contributed by atoms with Crippen molar-refractivity contribution in [3.05, 3.63) is 0 Å². The second-order valence-electron chi connectivity index (χ2n) is 4.27. The molecule has 1 saturated heterocycles. The lowest BCUT2D eigenvalue weighted by molar-refractivity contribution is -0.148. The van der Waals surface area contributed by atoms with Gasteiger partial charge < -0.3 is 14.8 Å². The van der Waals surface area contributed by atoms with Crippen molar-refractivity contribution in [1.29, 1.82) is 0 Å². The SMILES string of the molecule is CC(C)C(CCCl)NC(=O)C1COCCO1. The van der Waals surface area contributed by atoms with Gasteiger partial charge in [0.15, 0.2) is 6.10 Å². The molecule has 1 aliphatic rings. The third kappa shape index (κ3) is 4.28. The summed E-state index contributed by atoms with van der Waals surface area (Å²) >= 11 is 5.70. The van der Waals surface area contributed by atoms with Gasteiger partial charge in [-0.05, 0) is 12.3 Å². The van der Waals surface area contributed by atoms with Crippen LogP contribution in [0.3, 0.4) is 0 Å². The minimum absolute atomic E-state index is 0.0940. The number of carbonyl (C=O) groups is 1. The summed E-state index contributed by atoms with van der Waals surface area (Å²) < 4.78 is 10.5. The quantitative estimate of drug-likeness (QED) is 0.745. The van der Waals surface area contributed by atoms with Crippen LogP contribution >= 0.6 is 11.6 Å². The van der Waals surface area contributed by atoms with Gasteiger partial charge in [-0.15, -0.1) is 11.6 Å². The second-order valence-corrected chi connectivity index (χ2v) is 4.65. The van der Waals surface area contributed by atoms with Crippen LogP contribution in [-0.2, 0) is 14.3 Å². The van der Waals surface area contributed by atoms with E-state index in [4.69, 9.17) is 21.1 Å². The normalized spacial score (nSPS) is 23.1. The van der Waals surface area contributed by atoms with E-state index in [1.165, 1.54) is 0 Å². The Morgan fingerprint density at radius 3 is 2.75 bits per heavy atom. The number of halogens is 1. The molecule has 1 amide bonds. The van der Waals surface area contributed by atoms with Crippen LogP contribution in [0, 0.1) is 5.92 Å². The van der Waals surface area contributed by atoms with E-state index < -0.39 is 6.10 Å². The van der Waals surface area contributed by atoms with E-state index in [2.05, 4.69) is 19.2 Å². The summed E-state index contributed by atoms with van der Waals surface area (Å²) in [6.45, 7) is 5.53. The smallest absolute Gasteiger partial charge is 0.251 e. The third-order valence-corrected chi connectivity index (χ3v) is 2.88. The fraction of sp³-hybridized carbons (Fsp3) is 0.909. The molecule has 0 aromatic rings. The molecule has 1 fully saturated rings. The van der Waals surface area contributed by atoms with Crippen molar-refractivity contribution in [2.45, 2.75) is 32.4 Å². The van der Waals surface area contributed by atoms with Crippen LogP contribution in [0.5, 0.6) is 0 Å². The van der Waals surface area contributed by atoms with Gasteiger partial charge >= 0.3 is 0 Å². The molecule has 0 saturated carbocycles. The largest absolute Gasteiger partial charge is 0.376 e. The highest BCUT2D eigenvalue weighted by Gasteiger charge is 2.25. The van der Waals surface area contributed by atoms with Crippen LogP contribution in [0.15, 0.2) is 0 Å². The zero-order chi connectivity index (χ0) is 12.0. The molecule has 0 radical (unpaired) electrons. The molecule has 0 bridgehead atoms. The van der Waals surface area contributed by atoms with Crippen LogP contribution < -0.4 is 5.32 Å². The van der Waals surface area contributed by atoms with Gasteiger partial charge in [-0.3, -0.25) is 4.79 Å². The highest BCUT2D eigenvalue weighted by molar-refractivity contribution is 6.17. The number of hydrogen-bond acceptors (Lipinski definition) is 3. The van der Waals surface area contributed by atoms with Gasteiger partial charge in [-0.2, -0.15) is 0 Å². The molecule has 0 spiro atoms. The van der Waals surface area contributed by atoms with Crippen molar-refractivity contribution in [3.63, 3.8) is 0 Å². The van der Waals surface area contributed by atoms with E-state index in [1.807, 2.05) is 0 Å². The first kappa shape index (κ1) is 13.7. The summed E-state index contributed by atoms with van der Waals surface area (Å²) in [6.07, 6.45) is 0.309. The van der Waals surface area contributed by atoms with Crippen molar-refractivity contribution >= 4 is 17.5 Å². The van der Waals surface area contributed by atoms with Crippen molar-refractivity contribution in [3.8, 4) is 0 Å². The van der Waals surface area contributed by atoms with E-state index in [1.54, 1.807) is 0 Å². The standard InChI is InChI=1S/C11H20ClNO3/c1-8(2)9(3-4-12)13-11(14)10-7-15-5-6-16-10/h8-10H,3-7H2,1-2H3,(H,13,14). The minimum Gasteiger partial charge on any atom is -0.376 e. The monoisotopic (exact) mass is 249 g/mol. The Kier molecular flexibility index (Phi) is 6.09. The number of ether oxygens (including phenoxy) is 2. The maximum absolute atomic E-state index is 11.8. The maximum atomic E-state index is 11.8. The first-order valence-corrected chi connectivity index (χ1v) is 6.24.